The molecule has 0 saturated heterocycles. The van der Waals surface area contributed by atoms with Gasteiger partial charge in [-0.15, -0.1) is 0 Å². The molecule has 0 heterocycles. The van der Waals surface area contributed by atoms with Gasteiger partial charge in [-0.2, -0.15) is 0 Å². The summed E-state index contributed by atoms with van der Waals surface area (Å²) in [4.78, 5) is 0. The Labute approximate surface area is 127 Å². The van der Waals surface area contributed by atoms with Crippen LogP contribution in [-0.2, 0) is 9.47 Å². The summed E-state index contributed by atoms with van der Waals surface area (Å²) in [5.74, 6) is 0.594. The largest absolute Gasteiger partial charge is 0.504 e. The van der Waals surface area contributed by atoms with E-state index < -0.39 is 6.41 Å². The highest BCUT2D eigenvalue weighted by Crippen LogP contribution is 2.29. The van der Waals surface area contributed by atoms with Gasteiger partial charge in [0.2, 0.25) is 6.41 Å². The zero-order valence-corrected chi connectivity index (χ0v) is 13.4. The number of hydrogen-bond donors (Lipinski definition) is 2. The van der Waals surface area contributed by atoms with Crippen molar-refractivity contribution in [2.75, 3.05) is 20.3 Å². The van der Waals surface area contributed by atoms with E-state index in [1.54, 1.807) is 6.07 Å². The molecule has 0 aliphatic rings. The van der Waals surface area contributed by atoms with Crippen molar-refractivity contribution in [3.63, 3.8) is 0 Å². The van der Waals surface area contributed by atoms with Crippen molar-refractivity contribution in [2.45, 2.75) is 46.1 Å². The summed E-state index contributed by atoms with van der Waals surface area (Å²) in [5, 5.41) is 12.9. The Balaban J connectivity index is 2.68. The van der Waals surface area contributed by atoms with Crippen LogP contribution >= 0.6 is 0 Å². The Bertz CT molecular complexity index is 403. The lowest BCUT2D eigenvalue weighted by Gasteiger charge is -2.24. The molecule has 0 amide bonds. The number of hydrogen-bond acceptors (Lipinski definition) is 5. The number of methoxy groups -OCH3 is 1. The fourth-order valence-corrected chi connectivity index (χ4v) is 1.86. The van der Waals surface area contributed by atoms with E-state index in [9.17, 15) is 5.11 Å². The fraction of sp³-hybridized carbons (Fsp3) is 0.625. The Morgan fingerprint density at radius 3 is 2.29 bits per heavy atom. The molecular formula is C16H27NO4. The predicted molar refractivity (Wildman–Crippen MR) is 82.5 cm³/mol. The average Bonchev–Trinajstić information content (AvgIpc) is 2.50. The van der Waals surface area contributed by atoms with E-state index >= 15 is 0 Å². The van der Waals surface area contributed by atoms with Gasteiger partial charge in [-0.1, -0.05) is 19.9 Å². The minimum Gasteiger partial charge on any atom is -0.504 e. The molecule has 1 aromatic carbocycles. The maximum absolute atomic E-state index is 9.64. The Kier molecular flexibility index (Phi) is 8.12. The van der Waals surface area contributed by atoms with Gasteiger partial charge in [0.05, 0.1) is 20.3 Å². The van der Waals surface area contributed by atoms with Crippen LogP contribution in [0.5, 0.6) is 11.5 Å². The lowest BCUT2D eigenvalue weighted by molar-refractivity contribution is -0.165. The zero-order valence-electron chi connectivity index (χ0n) is 13.4. The molecule has 5 nitrogen and oxygen atoms in total. The molecule has 0 fully saturated rings. The summed E-state index contributed by atoms with van der Waals surface area (Å²) >= 11 is 0. The minimum atomic E-state index is -0.431. The number of aromatic hydroxyl groups is 1. The van der Waals surface area contributed by atoms with Gasteiger partial charge >= 0.3 is 0 Å². The zero-order chi connectivity index (χ0) is 15.7. The quantitative estimate of drug-likeness (QED) is 0.650. The fourth-order valence-electron chi connectivity index (χ4n) is 1.86. The van der Waals surface area contributed by atoms with Crippen LogP contribution in [-0.4, -0.2) is 31.8 Å². The molecule has 5 heteroatoms. The molecular weight excluding hydrogens is 270 g/mol. The third-order valence-corrected chi connectivity index (χ3v) is 3.04. The van der Waals surface area contributed by atoms with Crippen LogP contribution in [0.1, 0.15) is 45.2 Å². The normalized spacial score (nSPS) is 12.6. The molecule has 1 unspecified atom stereocenters. The van der Waals surface area contributed by atoms with E-state index in [0.717, 1.165) is 18.4 Å². The van der Waals surface area contributed by atoms with Crippen molar-refractivity contribution < 1.29 is 19.3 Å². The van der Waals surface area contributed by atoms with Crippen molar-refractivity contribution in [1.82, 2.24) is 5.32 Å². The van der Waals surface area contributed by atoms with Crippen molar-refractivity contribution in [3.05, 3.63) is 23.8 Å². The average molecular weight is 297 g/mol. The second-order valence-electron chi connectivity index (χ2n) is 4.89. The van der Waals surface area contributed by atoms with E-state index in [2.05, 4.69) is 19.2 Å². The monoisotopic (exact) mass is 297 g/mol. The van der Waals surface area contributed by atoms with Gasteiger partial charge in [0.15, 0.2) is 11.5 Å². The van der Waals surface area contributed by atoms with E-state index in [1.807, 2.05) is 19.1 Å². The molecule has 21 heavy (non-hydrogen) atoms. The Morgan fingerprint density at radius 2 is 1.76 bits per heavy atom. The first kappa shape index (κ1) is 17.8. The molecule has 0 spiro atoms. The number of nitrogens with one attached hydrogen (secondary N) is 1. The smallest absolute Gasteiger partial charge is 0.216 e. The topological polar surface area (TPSA) is 60.0 Å². The first-order chi connectivity index (χ1) is 10.1. The van der Waals surface area contributed by atoms with Crippen LogP contribution < -0.4 is 10.1 Å². The van der Waals surface area contributed by atoms with E-state index in [1.165, 1.54) is 7.11 Å². The van der Waals surface area contributed by atoms with Crippen molar-refractivity contribution in [2.24, 2.45) is 0 Å². The second-order valence-corrected chi connectivity index (χ2v) is 4.89. The first-order valence-corrected chi connectivity index (χ1v) is 7.48. The molecule has 1 rings (SSSR count). The van der Waals surface area contributed by atoms with Crippen LogP contribution in [0.25, 0.3) is 0 Å². The van der Waals surface area contributed by atoms with Gasteiger partial charge in [0, 0.05) is 6.04 Å². The lowest BCUT2D eigenvalue weighted by atomic mass is 10.1. The summed E-state index contributed by atoms with van der Waals surface area (Å²) < 4.78 is 16.4. The molecule has 1 atom stereocenters. The maximum Gasteiger partial charge on any atom is 0.216 e. The number of phenols is 1. The molecule has 0 radical (unpaired) electrons. The number of rotatable bonds is 10. The summed E-state index contributed by atoms with van der Waals surface area (Å²) in [6, 6.07) is 5.30. The Morgan fingerprint density at radius 1 is 1.14 bits per heavy atom. The summed E-state index contributed by atoms with van der Waals surface area (Å²) in [5.41, 5.74) is 0.995. The highest BCUT2D eigenvalue weighted by Gasteiger charge is 2.15. The lowest BCUT2D eigenvalue weighted by Crippen LogP contribution is -2.36. The molecule has 1 aromatic rings. The van der Waals surface area contributed by atoms with Crippen LogP contribution in [0.3, 0.4) is 0 Å². The SMILES string of the molecule is CCCOC(NC(C)c1ccc(O)c(OC)c1)OCCC. The van der Waals surface area contributed by atoms with Gasteiger partial charge in [0.25, 0.3) is 0 Å². The van der Waals surface area contributed by atoms with Gasteiger partial charge in [0.1, 0.15) is 0 Å². The minimum absolute atomic E-state index is 0.0122. The summed E-state index contributed by atoms with van der Waals surface area (Å²) in [6.45, 7) is 7.43. The number of ether oxygens (including phenoxy) is 3. The van der Waals surface area contributed by atoms with Gasteiger partial charge < -0.3 is 19.3 Å². The van der Waals surface area contributed by atoms with Crippen LogP contribution in [0, 0.1) is 0 Å². The maximum atomic E-state index is 9.64. The number of phenolic OH excluding ortho intramolecular Hbond substituents is 1. The summed E-state index contributed by atoms with van der Waals surface area (Å²) in [6.07, 6.45) is 1.45. The molecule has 0 aliphatic carbocycles. The van der Waals surface area contributed by atoms with Gasteiger partial charge in [-0.3, -0.25) is 5.32 Å². The van der Waals surface area contributed by atoms with Crippen molar-refractivity contribution >= 4 is 0 Å². The third-order valence-electron chi connectivity index (χ3n) is 3.04. The Hall–Kier alpha value is -1.30. The predicted octanol–water partition coefficient (Wildman–Crippen LogP) is 3.19. The summed E-state index contributed by atoms with van der Waals surface area (Å²) in [7, 11) is 1.54. The standard InChI is InChI=1S/C16H27NO4/c1-5-9-20-16(21-10-6-2)17-12(3)13-7-8-14(18)15(11-13)19-4/h7-8,11-12,16-18H,5-6,9-10H2,1-4H3. The second kappa shape index (κ2) is 9.60. The third kappa shape index (κ3) is 5.91. The van der Waals surface area contributed by atoms with E-state index in [0.29, 0.717) is 19.0 Å². The number of benzene rings is 1. The van der Waals surface area contributed by atoms with Gasteiger partial charge in [-0.05, 0) is 37.5 Å². The van der Waals surface area contributed by atoms with Crippen LogP contribution in [0.15, 0.2) is 18.2 Å². The molecule has 0 aromatic heterocycles. The molecule has 120 valence electrons. The molecule has 0 bridgehead atoms. The van der Waals surface area contributed by atoms with E-state index in [-0.39, 0.29) is 11.8 Å². The van der Waals surface area contributed by atoms with Gasteiger partial charge in [-0.25, -0.2) is 0 Å². The van der Waals surface area contributed by atoms with Crippen molar-refractivity contribution in [1.29, 1.82) is 0 Å². The molecule has 0 aliphatic heterocycles. The van der Waals surface area contributed by atoms with Crippen LogP contribution in [0.2, 0.25) is 0 Å². The first-order valence-electron chi connectivity index (χ1n) is 7.48. The molecule has 2 N–H and O–H groups in total. The van der Waals surface area contributed by atoms with Crippen LogP contribution in [0.4, 0.5) is 0 Å². The van der Waals surface area contributed by atoms with Crippen molar-refractivity contribution in [3.8, 4) is 11.5 Å². The highest BCUT2D eigenvalue weighted by molar-refractivity contribution is 5.42. The molecule has 0 saturated carbocycles. The van der Waals surface area contributed by atoms with E-state index in [4.69, 9.17) is 14.2 Å². The highest BCUT2D eigenvalue weighted by atomic mass is 16.7.